The molecule has 2 N–H and O–H groups in total. The minimum absolute atomic E-state index is 0.0561. The van der Waals surface area contributed by atoms with Crippen molar-refractivity contribution in [2.24, 2.45) is 0 Å². The maximum Gasteiger partial charge on any atom is 0.343 e. The lowest BCUT2D eigenvalue weighted by atomic mass is 10.4. The van der Waals surface area contributed by atoms with E-state index in [1.54, 1.807) is 6.92 Å². The molecule has 0 bridgehead atoms. The molecule has 1 unspecified atom stereocenters. The van der Waals surface area contributed by atoms with E-state index in [-0.39, 0.29) is 18.3 Å². The lowest BCUT2D eigenvalue weighted by Crippen LogP contribution is -2.21. The Hall–Kier alpha value is -1.10. The van der Waals surface area contributed by atoms with Gasteiger partial charge in [0.1, 0.15) is 6.33 Å². The number of nitrogens with zero attached hydrogens (tertiary/aromatic N) is 2. The Morgan fingerprint density at radius 2 is 2.70 bits per heavy atom. The van der Waals surface area contributed by atoms with Gasteiger partial charge < -0.3 is 5.11 Å². The Morgan fingerprint density at radius 3 is 3.10 bits per heavy atom. The van der Waals surface area contributed by atoms with Crippen molar-refractivity contribution < 1.29 is 5.11 Å². The number of rotatable bonds is 2. The van der Waals surface area contributed by atoms with Gasteiger partial charge in [-0.1, -0.05) is 0 Å². The first-order valence-electron chi connectivity index (χ1n) is 2.98. The van der Waals surface area contributed by atoms with Crippen LogP contribution in [0.15, 0.2) is 11.1 Å². The summed E-state index contributed by atoms with van der Waals surface area (Å²) in [6, 6.07) is -0.203. The second-order valence-electron chi connectivity index (χ2n) is 2.10. The molecule has 0 radical (unpaired) electrons. The third-order valence-electron chi connectivity index (χ3n) is 1.32. The van der Waals surface area contributed by atoms with Crippen LogP contribution in [0.3, 0.4) is 0 Å². The Balaban J connectivity index is 2.93. The zero-order valence-corrected chi connectivity index (χ0v) is 5.61. The first-order chi connectivity index (χ1) is 4.75. The molecule has 0 aliphatic carbocycles. The van der Waals surface area contributed by atoms with E-state index in [2.05, 4.69) is 10.2 Å². The molecule has 0 aliphatic rings. The topological polar surface area (TPSA) is 70.9 Å². The van der Waals surface area contributed by atoms with Crippen LogP contribution in [-0.4, -0.2) is 26.5 Å². The van der Waals surface area contributed by atoms with E-state index in [1.807, 2.05) is 0 Å². The molecule has 0 fully saturated rings. The maximum atomic E-state index is 10.8. The fourth-order valence-corrected chi connectivity index (χ4v) is 0.658. The molecule has 0 aliphatic heterocycles. The van der Waals surface area contributed by atoms with Crippen LogP contribution in [0, 0.1) is 0 Å². The summed E-state index contributed by atoms with van der Waals surface area (Å²) in [5, 5.41) is 14.4. The van der Waals surface area contributed by atoms with Crippen molar-refractivity contribution in [2.45, 2.75) is 13.0 Å². The molecule has 0 saturated carbocycles. The van der Waals surface area contributed by atoms with E-state index >= 15 is 0 Å². The first kappa shape index (κ1) is 7.01. The third kappa shape index (κ3) is 1.08. The third-order valence-corrected chi connectivity index (χ3v) is 1.32. The van der Waals surface area contributed by atoms with Crippen molar-refractivity contribution in [3.05, 3.63) is 16.8 Å². The minimum atomic E-state index is -0.290. The molecule has 5 heteroatoms. The van der Waals surface area contributed by atoms with Crippen LogP contribution in [-0.2, 0) is 0 Å². The van der Waals surface area contributed by atoms with Crippen LogP contribution in [0.4, 0.5) is 0 Å². The van der Waals surface area contributed by atoms with Crippen LogP contribution in [0.25, 0.3) is 0 Å². The molecule has 0 aromatic carbocycles. The summed E-state index contributed by atoms with van der Waals surface area (Å²) in [5.41, 5.74) is -0.290. The molecule has 56 valence electrons. The van der Waals surface area contributed by atoms with Gasteiger partial charge in [-0.05, 0) is 6.92 Å². The van der Waals surface area contributed by atoms with Crippen molar-refractivity contribution in [3.63, 3.8) is 0 Å². The number of aromatic amines is 1. The van der Waals surface area contributed by atoms with E-state index in [1.165, 1.54) is 10.9 Å². The van der Waals surface area contributed by atoms with Gasteiger partial charge in [0, 0.05) is 0 Å². The van der Waals surface area contributed by atoms with E-state index in [0.29, 0.717) is 0 Å². The molecule has 1 rings (SSSR count). The summed E-state index contributed by atoms with van der Waals surface area (Å²) in [6.45, 7) is 1.68. The lowest BCUT2D eigenvalue weighted by molar-refractivity contribution is 0.236. The Bertz CT molecular complexity index is 251. The fraction of sp³-hybridized carbons (Fsp3) is 0.600. The van der Waals surface area contributed by atoms with Gasteiger partial charge in [-0.2, -0.15) is 5.10 Å². The highest BCUT2D eigenvalue weighted by Gasteiger charge is 2.04. The van der Waals surface area contributed by atoms with Crippen LogP contribution in [0.5, 0.6) is 0 Å². The van der Waals surface area contributed by atoms with Gasteiger partial charge in [-0.15, -0.1) is 0 Å². The maximum absolute atomic E-state index is 10.8. The number of aliphatic hydroxyl groups excluding tert-OH is 1. The highest BCUT2D eigenvalue weighted by molar-refractivity contribution is 4.69. The smallest absolute Gasteiger partial charge is 0.343 e. The number of aromatic nitrogens is 3. The molecule has 5 nitrogen and oxygen atoms in total. The predicted molar refractivity (Wildman–Crippen MR) is 34.6 cm³/mol. The summed E-state index contributed by atoms with van der Waals surface area (Å²) >= 11 is 0. The van der Waals surface area contributed by atoms with Crippen LogP contribution >= 0.6 is 0 Å². The molecule has 1 heterocycles. The zero-order chi connectivity index (χ0) is 7.56. The standard InChI is InChI=1S/C5H9N3O2/c1-4(2-9)8-3-6-7-5(8)10/h3-4,9H,2H2,1H3,(H,7,10). The van der Waals surface area contributed by atoms with E-state index in [9.17, 15) is 4.79 Å². The monoisotopic (exact) mass is 143 g/mol. The van der Waals surface area contributed by atoms with Crippen LogP contribution in [0.1, 0.15) is 13.0 Å². The van der Waals surface area contributed by atoms with Gasteiger partial charge in [0.25, 0.3) is 0 Å². The molecular formula is C5H9N3O2. The molecule has 1 aromatic rings. The van der Waals surface area contributed by atoms with E-state index < -0.39 is 0 Å². The quantitative estimate of drug-likeness (QED) is 0.565. The van der Waals surface area contributed by atoms with Crippen molar-refractivity contribution in [1.29, 1.82) is 0 Å². The fourth-order valence-electron chi connectivity index (χ4n) is 0.658. The largest absolute Gasteiger partial charge is 0.394 e. The molecular weight excluding hydrogens is 134 g/mol. The summed E-state index contributed by atoms with van der Waals surface area (Å²) in [4.78, 5) is 10.8. The normalized spacial score (nSPS) is 13.4. The summed E-state index contributed by atoms with van der Waals surface area (Å²) < 4.78 is 1.33. The van der Waals surface area contributed by atoms with Gasteiger partial charge >= 0.3 is 5.69 Å². The second-order valence-corrected chi connectivity index (χ2v) is 2.10. The molecule has 1 atom stereocenters. The van der Waals surface area contributed by atoms with Crippen LogP contribution in [0.2, 0.25) is 0 Å². The van der Waals surface area contributed by atoms with Crippen molar-refractivity contribution in [3.8, 4) is 0 Å². The number of aliphatic hydroxyl groups is 1. The van der Waals surface area contributed by atoms with Crippen LogP contribution < -0.4 is 5.69 Å². The molecule has 0 spiro atoms. The average Bonchev–Trinajstić information content (AvgIpc) is 2.34. The molecule has 10 heavy (non-hydrogen) atoms. The second kappa shape index (κ2) is 2.66. The molecule has 0 saturated heterocycles. The number of nitrogens with one attached hydrogen (secondary N) is 1. The summed E-state index contributed by atoms with van der Waals surface area (Å²) in [6.07, 6.45) is 1.36. The van der Waals surface area contributed by atoms with Gasteiger partial charge in [-0.3, -0.25) is 4.57 Å². The van der Waals surface area contributed by atoms with Gasteiger partial charge in [0.2, 0.25) is 0 Å². The molecule has 0 amide bonds. The highest BCUT2D eigenvalue weighted by atomic mass is 16.3. The Labute approximate surface area is 57.3 Å². The highest BCUT2D eigenvalue weighted by Crippen LogP contribution is 1.95. The first-order valence-corrected chi connectivity index (χ1v) is 2.98. The van der Waals surface area contributed by atoms with Gasteiger partial charge in [-0.25, -0.2) is 9.89 Å². The number of hydrogen-bond acceptors (Lipinski definition) is 3. The van der Waals surface area contributed by atoms with E-state index in [4.69, 9.17) is 5.11 Å². The molecule has 1 aromatic heterocycles. The van der Waals surface area contributed by atoms with Crippen molar-refractivity contribution in [1.82, 2.24) is 14.8 Å². The SMILES string of the molecule is CC(CO)n1cn[nH]c1=O. The zero-order valence-electron chi connectivity index (χ0n) is 5.61. The lowest BCUT2D eigenvalue weighted by Gasteiger charge is -2.04. The van der Waals surface area contributed by atoms with Gasteiger partial charge in [0.15, 0.2) is 0 Å². The van der Waals surface area contributed by atoms with E-state index in [0.717, 1.165) is 0 Å². The summed E-state index contributed by atoms with van der Waals surface area (Å²) in [5.74, 6) is 0. The Kier molecular flexibility index (Phi) is 1.86. The predicted octanol–water partition coefficient (Wildman–Crippen LogP) is -0.875. The average molecular weight is 143 g/mol. The Morgan fingerprint density at radius 1 is 2.00 bits per heavy atom. The summed E-state index contributed by atoms with van der Waals surface area (Å²) in [7, 11) is 0. The van der Waals surface area contributed by atoms with Crippen molar-refractivity contribution >= 4 is 0 Å². The van der Waals surface area contributed by atoms with Gasteiger partial charge in [0.05, 0.1) is 12.6 Å². The van der Waals surface area contributed by atoms with Crippen molar-refractivity contribution in [2.75, 3.05) is 6.61 Å². The number of hydrogen-bond donors (Lipinski definition) is 2. The minimum Gasteiger partial charge on any atom is -0.394 e. The number of H-pyrrole nitrogens is 1.